The Morgan fingerprint density at radius 2 is 2.19 bits per heavy atom. The number of H-pyrrole nitrogens is 1. The van der Waals surface area contributed by atoms with Crippen LogP contribution in [0, 0.1) is 0 Å². The molecule has 1 aliphatic heterocycles. The first-order chi connectivity index (χ1) is 9.95. The summed E-state index contributed by atoms with van der Waals surface area (Å²) >= 11 is 0. The van der Waals surface area contributed by atoms with Gasteiger partial charge in [-0.15, -0.1) is 0 Å². The number of nitrogens with one attached hydrogen (secondary N) is 1. The molecule has 1 saturated heterocycles. The van der Waals surface area contributed by atoms with Gasteiger partial charge in [0.2, 0.25) is 0 Å². The summed E-state index contributed by atoms with van der Waals surface area (Å²) in [7, 11) is 0. The quantitative estimate of drug-likeness (QED) is 0.840. The van der Waals surface area contributed by atoms with Crippen LogP contribution in [0.3, 0.4) is 0 Å². The minimum absolute atomic E-state index is 0.0380. The SMILES string of the molecule is CC(C)c1nc(N2CCC(OCC(=O)O)CC2)cc(=O)[nH]1. The molecular weight excluding hydrogens is 274 g/mol. The highest BCUT2D eigenvalue weighted by molar-refractivity contribution is 5.68. The van der Waals surface area contributed by atoms with Gasteiger partial charge >= 0.3 is 5.97 Å². The van der Waals surface area contributed by atoms with Gasteiger partial charge in [0, 0.05) is 25.1 Å². The van der Waals surface area contributed by atoms with E-state index in [1.807, 2.05) is 18.7 Å². The third-order valence-electron chi connectivity index (χ3n) is 3.50. The number of piperidine rings is 1. The van der Waals surface area contributed by atoms with Crippen molar-refractivity contribution >= 4 is 11.8 Å². The van der Waals surface area contributed by atoms with Crippen LogP contribution in [0.2, 0.25) is 0 Å². The molecule has 0 saturated carbocycles. The number of ether oxygens (including phenoxy) is 1. The molecule has 21 heavy (non-hydrogen) atoms. The number of aromatic nitrogens is 2. The molecule has 116 valence electrons. The van der Waals surface area contributed by atoms with Crippen molar-refractivity contribution in [3.8, 4) is 0 Å². The van der Waals surface area contributed by atoms with Crippen LogP contribution in [0.5, 0.6) is 0 Å². The maximum atomic E-state index is 11.7. The molecule has 0 aliphatic carbocycles. The van der Waals surface area contributed by atoms with Gasteiger partial charge < -0.3 is 19.7 Å². The molecule has 0 aromatic carbocycles. The molecule has 2 heterocycles. The molecular formula is C14H21N3O4. The van der Waals surface area contributed by atoms with Crippen molar-refractivity contribution in [2.75, 3.05) is 24.6 Å². The van der Waals surface area contributed by atoms with Crippen LogP contribution in [0.1, 0.15) is 38.4 Å². The van der Waals surface area contributed by atoms with E-state index in [0.29, 0.717) is 24.7 Å². The van der Waals surface area contributed by atoms with E-state index in [-0.39, 0.29) is 24.2 Å². The lowest BCUT2D eigenvalue weighted by Crippen LogP contribution is -2.38. The Balaban J connectivity index is 1.99. The van der Waals surface area contributed by atoms with E-state index < -0.39 is 5.97 Å². The predicted octanol–water partition coefficient (Wildman–Crippen LogP) is 0.963. The number of hydrogen-bond donors (Lipinski definition) is 2. The van der Waals surface area contributed by atoms with Crippen molar-refractivity contribution in [2.24, 2.45) is 0 Å². The van der Waals surface area contributed by atoms with Gasteiger partial charge in [0.05, 0.1) is 6.10 Å². The summed E-state index contributed by atoms with van der Waals surface area (Å²) in [6.07, 6.45) is 1.43. The Labute approximate surface area is 123 Å². The van der Waals surface area contributed by atoms with E-state index in [2.05, 4.69) is 9.97 Å². The second-order valence-corrected chi connectivity index (χ2v) is 5.53. The summed E-state index contributed by atoms with van der Waals surface area (Å²) in [4.78, 5) is 31.5. The van der Waals surface area contributed by atoms with Crippen molar-refractivity contribution in [3.63, 3.8) is 0 Å². The van der Waals surface area contributed by atoms with Gasteiger partial charge in [-0.3, -0.25) is 4.79 Å². The number of anilines is 1. The van der Waals surface area contributed by atoms with E-state index in [0.717, 1.165) is 12.8 Å². The Morgan fingerprint density at radius 3 is 2.76 bits per heavy atom. The van der Waals surface area contributed by atoms with Gasteiger partial charge in [-0.2, -0.15) is 0 Å². The second kappa shape index (κ2) is 6.71. The van der Waals surface area contributed by atoms with E-state index in [9.17, 15) is 9.59 Å². The Hall–Kier alpha value is -1.89. The van der Waals surface area contributed by atoms with Crippen molar-refractivity contribution in [1.29, 1.82) is 0 Å². The van der Waals surface area contributed by atoms with Crippen LogP contribution < -0.4 is 10.5 Å². The van der Waals surface area contributed by atoms with Crippen LogP contribution in [0.15, 0.2) is 10.9 Å². The Kier molecular flexibility index (Phi) is 4.95. The van der Waals surface area contributed by atoms with E-state index in [1.165, 1.54) is 6.07 Å². The first kappa shape index (κ1) is 15.5. The monoisotopic (exact) mass is 295 g/mol. The average Bonchev–Trinajstić information content (AvgIpc) is 2.45. The first-order valence-electron chi connectivity index (χ1n) is 7.15. The van der Waals surface area contributed by atoms with Crippen LogP contribution in [0.25, 0.3) is 0 Å². The largest absolute Gasteiger partial charge is 0.480 e. The van der Waals surface area contributed by atoms with Gasteiger partial charge in [0.1, 0.15) is 18.2 Å². The highest BCUT2D eigenvalue weighted by Gasteiger charge is 2.22. The fourth-order valence-corrected chi connectivity index (χ4v) is 2.34. The summed E-state index contributed by atoms with van der Waals surface area (Å²) in [6.45, 7) is 5.12. The lowest BCUT2D eigenvalue weighted by molar-refractivity contribution is -0.144. The molecule has 2 N–H and O–H groups in total. The normalized spacial score (nSPS) is 16.4. The molecule has 1 aromatic rings. The molecule has 1 aromatic heterocycles. The van der Waals surface area contributed by atoms with Crippen molar-refractivity contribution in [3.05, 3.63) is 22.2 Å². The number of aromatic amines is 1. The van der Waals surface area contributed by atoms with Gasteiger partial charge in [-0.25, -0.2) is 9.78 Å². The highest BCUT2D eigenvalue weighted by Crippen LogP contribution is 2.19. The number of nitrogens with zero attached hydrogens (tertiary/aromatic N) is 2. The molecule has 0 bridgehead atoms. The first-order valence-corrected chi connectivity index (χ1v) is 7.15. The van der Waals surface area contributed by atoms with E-state index >= 15 is 0 Å². The second-order valence-electron chi connectivity index (χ2n) is 5.53. The fourth-order valence-electron chi connectivity index (χ4n) is 2.34. The standard InChI is InChI=1S/C14H21N3O4/c1-9(2)14-15-11(7-12(18)16-14)17-5-3-10(4-6-17)21-8-13(19)20/h7,9-10H,3-6,8H2,1-2H3,(H,19,20)(H,15,16,18). The zero-order valence-electron chi connectivity index (χ0n) is 12.3. The number of carbonyl (C=O) groups is 1. The smallest absolute Gasteiger partial charge is 0.329 e. The van der Waals surface area contributed by atoms with Crippen molar-refractivity contribution in [2.45, 2.75) is 38.7 Å². The van der Waals surface area contributed by atoms with E-state index in [1.54, 1.807) is 0 Å². The minimum atomic E-state index is -0.949. The zero-order chi connectivity index (χ0) is 15.4. The van der Waals surface area contributed by atoms with Gasteiger partial charge in [-0.05, 0) is 12.8 Å². The van der Waals surface area contributed by atoms with Crippen LogP contribution in [-0.4, -0.2) is 46.8 Å². The zero-order valence-corrected chi connectivity index (χ0v) is 12.3. The average molecular weight is 295 g/mol. The molecule has 0 amide bonds. The van der Waals surface area contributed by atoms with Gasteiger partial charge in [-0.1, -0.05) is 13.8 Å². The lowest BCUT2D eigenvalue weighted by atomic mass is 10.1. The van der Waals surface area contributed by atoms with Crippen molar-refractivity contribution < 1.29 is 14.6 Å². The van der Waals surface area contributed by atoms with E-state index in [4.69, 9.17) is 9.84 Å². The van der Waals surface area contributed by atoms with Crippen LogP contribution in [-0.2, 0) is 9.53 Å². The fraction of sp³-hybridized carbons (Fsp3) is 0.643. The Morgan fingerprint density at radius 1 is 1.52 bits per heavy atom. The number of hydrogen-bond acceptors (Lipinski definition) is 5. The molecule has 2 rings (SSSR count). The van der Waals surface area contributed by atoms with Crippen LogP contribution in [0.4, 0.5) is 5.82 Å². The molecule has 1 aliphatic rings. The van der Waals surface area contributed by atoms with Crippen molar-refractivity contribution in [1.82, 2.24) is 9.97 Å². The number of aliphatic carboxylic acids is 1. The lowest BCUT2D eigenvalue weighted by Gasteiger charge is -2.32. The third kappa shape index (κ3) is 4.29. The Bertz CT molecular complexity index is 547. The molecule has 0 radical (unpaired) electrons. The summed E-state index contributed by atoms with van der Waals surface area (Å²) in [5.74, 6) is 0.574. The number of rotatable bonds is 5. The topological polar surface area (TPSA) is 95.5 Å². The summed E-state index contributed by atoms with van der Waals surface area (Å²) in [5.41, 5.74) is -0.145. The number of carboxylic acids is 1. The summed E-state index contributed by atoms with van der Waals surface area (Å²) in [5, 5.41) is 8.60. The molecule has 1 fully saturated rings. The van der Waals surface area contributed by atoms with Crippen LogP contribution >= 0.6 is 0 Å². The third-order valence-corrected chi connectivity index (χ3v) is 3.50. The molecule has 0 atom stereocenters. The maximum Gasteiger partial charge on any atom is 0.329 e. The molecule has 7 nitrogen and oxygen atoms in total. The minimum Gasteiger partial charge on any atom is -0.480 e. The number of carboxylic acid groups (broad SMARTS) is 1. The molecule has 0 unspecified atom stereocenters. The summed E-state index contributed by atoms with van der Waals surface area (Å²) in [6, 6.07) is 1.50. The highest BCUT2D eigenvalue weighted by atomic mass is 16.5. The molecule has 0 spiro atoms. The van der Waals surface area contributed by atoms with Gasteiger partial charge in [0.25, 0.3) is 5.56 Å². The molecule has 7 heteroatoms. The maximum absolute atomic E-state index is 11.7. The summed E-state index contributed by atoms with van der Waals surface area (Å²) < 4.78 is 5.30. The van der Waals surface area contributed by atoms with Gasteiger partial charge in [0.15, 0.2) is 0 Å². The predicted molar refractivity (Wildman–Crippen MR) is 77.8 cm³/mol.